The van der Waals surface area contributed by atoms with Gasteiger partial charge in [-0.25, -0.2) is 4.79 Å². The first kappa shape index (κ1) is 24.2. The molecule has 0 aliphatic carbocycles. The average molecular weight is 489 g/mol. The maximum Gasteiger partial charge on any atom is 0.416 e. The molecule has 3 amide bonds. The number of imide groups is 1. The number of esters is 1. The summed E-state index contributed by atoms with van der Waals surface area (Å²) < 4.78 is 44.0. The Bertz CT molecular complexity index is 1140. The molecule has 1 fully saturated rings. The van der Waals surface area contributed by atoms with Crippen LogP contribution < -0.4 is 4.90 Å². The molecule has 2 aliphatic rings. The number of hydrogen-bond acceptors (Lipinski definition) is 6. The third kappa shape index (κ3) is 4.84. The summed E-state index contributed by atoms with van der Waals surface area (Å²) in [6, 6.07) is 9.99. The molecule has 2 aromatic rings. The van der Waals surface area contributed by atoms with Crippen LogP contribution in [-0.4, -0.2) is 72.3 Å². The number of piperazine rings is 1. The van der Waals surface area contributed by atoms with Crippen molar-refractivity contribution in [3.8, 4) is 0 Å². The molecule has 2 aromatic carbocycles. The lowest BCUT2D eigenvalue weighted by Gasteiger charge is -2.36. The van der Waals surface area contributed by atoms with Gasteiger partial charge in [0.15, 0.2) is 6.61 Å². The zero-order valence-electron chi connectivity index (χ0n) is 18.7. The van der Waals surface area contributed by atoms with E-state index in [-0.39, 0.29) is 24.2 Å². The molecule has 1 unspecified atom stereocenters. The highest BCUT2D eigenvalue weighted by atomic mass is 19.4. The molecule has 1 saturated heterocycles. The second-order valence-corrected chi connectivity index (χ2v) is 8.23. The molecule has 4 rings (SSSR count). The lowest BCUT2D eigenvalue weighted by Crippen LogP contribution is -2.50. The number of hydrogen-bond donors (Lipinski definition) is 0. The van der Waals surface area contributed by atoms with Crippen molar-refractivity contribution in [2.24, 2.45) is 0 Å². The highest BCUT2D eigenvalue weighted by Gasteiger charge is 2.41. The highest BCUT2D eigenvalue weighted by Crippen LogP contribution is 2.32. The van der Waals surface area contributed by atoms with Gasteiger partial charge in [-0.05, 0) is 37.3 Å². The van der Waals surface area contributed by atoms with Crippen LogP contribution in [0.3, 0.4) is 0 Å². The van der Waals surface area contributed by atoms with Crippen molar-refractivity contribution in [3.63, 3.8) is 0 Å². The zero-order valence-corrected chi connectivity index (χ0v) is 18.7. The van der Waals surface area contributed by atoms with Crippen molar-refractivity contribution in [1.29, 1.82) is 0 Å². The maximum atomic E-state index is 13.0. The number of rotatable bonds is 5. The second kappa shape index (κ2) is 9.40. The van der Waals surface area contributed by atoms with Crippen LogP contribution in [0.4, 0.5) is 18.9 Å². The summed E-state index contributed by atoms with van der Waals surface area (Å²) in [6.45, 7) is 1.87. The molecular formula is C24H22F3N3O5. The Morgan fingerprint density at radius 3 is 2.11 bits per heavy atom. The van der Waals surface area contributed by atoms with E-state index in [0.29, 0.717) is 18.8 Å². The number of amides is 3. The molecule has 2 aliphatic heterocycles. The van der Waals surface area contributed by atoms with E-state index in [1.54, 1.807) is 23.1 Å². The summed E-state index contributed by atoms with van der Waals surface area (Å²) in [5, 5.41) is 0. The van der Waals surface area contributed by atoms with E-state index in [1.807, 2.05) is 0 Å². The van der Waals surface area contributed by atoms with Gasteiger partial charge < -0.3 is 14.5 Å². The number of nitrogens with zero attached hydrogens (tertiary/aromatic N) is 3. The van der Waals surface area contributed by atoms with Crippen LogP contribution in [0.25, 0.3) is 0 Å². The largest absolute Gasteiger partial charge is 0.454 e. The minimum absolute atomic E-state index is 0.201. The van der Waals surface area contributed by atoms with Crippen molar-refractivity contribution in [3.05, 3.63) is 65.2 Å². The number of benzene rings is 2. The van der Waals surface area contributed by atoms with Crippen LogP contribution in [0.15, 0.2) is 48.5 Å². The molecule has 2 heterocycles. The van der Waals surface area contributed by atoms with Gasteiger partial charge in [0.25, 0.3) is 17.7 Å². The lowest BCUT2D eigenvalue weighted by atomic mass is 10.1. The van der Waals surface area contributed by atoms with E-state index in [0.717, 1.165) is 17.0 Å². The Balaban J connectivity index is 1.29. The van der Waals surface area contributed by atoms with Crippen LogP contribution in [0, 0.1) is 0 Å². The fraction of sp³-hybridized carbons (Fsp3) is 0.333. The summed E-state index contributed by atoms with van der Waals surface area (Å²) in [4.78, 5) is 54.0. The number of carbonyl (C=O) groups is 4. The summed E-state index contributed by atoms with van der Waals surface area (Å²) in [5.41, 5.74) is 0.0689. The van der Waals surface area contributed by atoms with Gasteiger partial charge >= 0.3 is 12.1 Å². The van der Waals surface area contributed by atoms with Crippen molar-refractivity contribution < 1.29 is 37.1 Å². The Labute approximate surface area is 198 Å². The van der Waals surface area contributed by atoms with Crippen molar-refractivity contribution >= 4 is 29.4 Å². The van der Waals surface area contributed by atoms with Gasteiger partial charge in [0.05, 0.1) is 16.7 Å². The lowest BCUT2D eigenvalue weighted by molar-refractivity contribution is -0.155. The molecule has 0 aromatic heterocycles. The fourth-order valence-corrected chi connectivity index (χ4v) is 4.10. The van der Waals surface area contributed by atoms with Crippen LogP contribution in [0.2, 0.25) is 0 Å². The van der Waals surface area contributed by atoms with Crippen LogP contribution in [0.1, 0.15) is 33.2 Å². The summed E-state index contributed by atoms with van der Waals surface area (Å²) in [7, 11) is 0. The Morgan fingerprint density at radius 2 is 1.54 bits per heavy atom. The van der Waals surface area contributed by atoms with Gasteiger partial charge in [-0.1, -0.05) is 18.2 Å². The van der Waals surface area contributed by atoms with Gasteiger partial charge in [-0.2, -0.15) is 13.2 Å². The van der Waals surface area contributed by atoms with E-state index in [9.17, 15) is 32.3 Å². The normalized spacial score (nSPS) is 16.9. The smallest absolute Gasteiger partial charge is 0.416 e. The molecule has 184 valence electrons. The molecular weight excluding hydrogens is 467 g/mol. The molecule has 0 radical (unpaired) electrons. The molecule has 0 bridgehead atoms. The monoisotopic (exact) mass is 489 g/mol. The van der Waals surface area contributed by atoms with E-state index in [4.69, 9.17) is 4.74 Å². The van der Waals surface area contributed by atoms with Gasteiger partial charge in [-0.15, -0.1) is 0 Å². The number of carbonyl (C=O) groups excluding carboxylic acids is 4. The Hall–Kier alpha value is -3.89. The minimum atomic E-state index is -4.44. The van der Waals surface area contributed by atoms with Crippen molar-refractivity contribution in [1.82, 2.24) is 9.80 Å². The first-order valence-electron chi connectivity index (χ1n) is 10.9. The SMILES string of the molecule is CC(C(=O)OCC(=O)N1CCN(c2cccc(C(F)(F)F)c2)CC1)N1C(=O)c2ccccc2C1=O. The van der Waals surface area contributed by atoms with Gasteiger partial charge in [0.1, 0.15) is 6.04 Å². The van der Waals surface area contributed by atoms with Crippen LogP contribution >= 0.6 is 0 Å². The molecule has 35 heavy (non-hydrogen) atoms. The minimum Gasteiger partial charge on any atom is -0.454 e. The Morgan fingerprint density at radius 1 is 0.943 bits per heavy atom. The zero-order chi connectivity index (χ0) is 25.3. The van der Waals surface area contributed by atoms with Crippen LogP contribution in [0.5, 0.6) is 0 Å². The highest BCUT2D eigenvalue weighted by molar-refractivity contribution is 6.22. The summed E-state index contributed by atoms with van der Waals surface area (Å²) in [6.07, 6.45) is -4.44. The summed E-state index contributed by atoms with van der Waals surface area (Å²) in [5.74, 6) is -2.58. The summed E-state index contributed by atoms with van der Waals surface area (Å²) >= 11 is 0. The van der Waals surface area contributed by atoms with E-state index in [1.165, 1.54) is 30.0 Å². The van der Waals surface area contributed by atoms with E-state index in [2.05, 4.69) is 0 Å². The number of anilines is 1. The predicted molar refractivity (Wildman–Crippen MR) is 118 cm³/mol. The number of halogens is 3. The average Bonchev–Trinajstić information content (AvgIpc) is 3.11. The first-order chi connectivity index (χ1) is 16.6. The third-order valence-electron chi connectivity index (χ3n) is 6.06. The van der Waals surface area contributed by atoms with Crippen LogP contribution in [-0.2, 0) is 20.5 Å². The molecule has 0 saturated carbocycles. The molecule has 0 spiro atoms. The van der Waals surface area contributed by atoms with E-state index >= 15 is 0 Å². The third-order valence-corrected chi connectivity index (χ3v) is 6.06. The first-order valence-corrected chi connectivity index (χ1v) is 10.9. The standard InChI is InChI=1S/C24H22F3N3O5/c1-15(30-21(32)18-7-2-3-8-19(18)22(30)33)23(34)35-14-20(31)29-11-9-28(10-12-29)17-6-4-5-16(13-17)24(25,26)27/h2-8,13,15H,9-12,14H2,1H3. The quantitative estimate of drug-likeness (QED) is 0.474. The van der Waals surface area contributed by atoms with E-state index < -0.39 is 48.1 Å². The number of alkyl halides is 3. The molecule has 0 N–H and O–H groups in total. The molecule has 8 nitrogen and oxygen atoms in total. The van der Waals surface area contributed by atoms with Gasteiger partial charge in [0.2, 0.25) is 0 Å². The molecule has 11 heteroatoms. The fourth-order valence-electron chi connectivity index (χ4n) is 4.10. The predicted octanol–water partition coefficient (Wildman–Crippen LogP) is 2.58. The number of fused-ring (bicyclic) bond motifs is 1. The second-order valence-electron chi connectivity index (χ2n) is 8.23. The maximum absolute atomic E-state index is 13.0. The van der Waals surface area contributed by atoms with Crippen molar-refractivity contribution in [2.45, 2.75) is 19.1 Å². The van der Waals surface area contributed by atoms with Crippen molar-refractivity contribution in [2.75, 3.05) is 37.7 Å². The topological polar surface area (TPSA) is 87.2 Å². The Kier molecular flexibility index (Phi) is 6.51. The van der Waals surface area contributed by atoms with Gasteiger partial charge in [0, 0.05) is 31.9 Å². The van der Waals surface area contributed by atoms with Gasteiger partial charge in [-0.3, -0.25) is 19.3 Å². The number of ether oxygens (including phenoxy) is 1. The molecule has 1 atom stereocenters.